The van der Waals surface area contributed by atoms with E-state index in [-0.39, 0.29) is 5.91 Å². The topological polar surface area (TPSA) is 58.1 Å². The molecule has 0 atom stereocenters. The third-order valence-corrected chi connectivity index (χ3v) is 2.76. The first-order chi connectivity index (χ1) is 8.52. The summed E-state index contributed by atoms with van der Waals surface area (Å²) in [5, 5.41) is 3.14. The van der Waals surface area contributed by atoms with Crippen molar-refractivity contribution in [3.8, 4) is 0 Å². The highest BCUT2D eigenvalue weighted by Crippen LogP contribution is 2.13. The van der Waals surface area contributed by atoms with E-state index >= 15 is 0 Å². The third-order valence-electron chi connectivity index (χ3n) is 2.36. The van der Waals surface area contributed by atoms with Crippen LogP contribution in [0.2, 0.25) is 0 Å². The van der Waals surface area contributed by atoms with Gasteiger partial charge in [-0.25, -0.2) is 9.97 Å². The van der Waals surface area contributed by atoms with Crippen LogP contribution in [0.15, 0.2) is 10.7 Å². The molecule has 0 radical (unpaired) electrons. The Morgan fingerprint density at radius 3 is 2.78 bits per heavy atom. The first kappa shape index (κ1) is 14.9. The number of carbonyl (C=O) groups excluding carboxylic acids is 1. The van der Waals surface area contributed by atoms with Crippen LogP contribution >= 0.6 is 15.9 Å². The van der Waals surface area contributed by atoms with Crippen LogP contribution in [0.25, 0.3) is 0 Å². The molecule has 0 bridgehead atoms. The van der Waals surface area contributed by atoms with E-state index < -0.39 is 0 Å². The number of nitrogens with one attached hydrogen (secondary N) is 1. The molecule has 0 saturated heterocycles. The predicted molar refractivity (Wildman–Crippen MR) is 75.5 cm³/mol. The maximum absolute atomic E-state index is 11.4. The van der Waals surface area contributed by atoms with Crippen LogP contribution in [-0.2, 0) is 11.2 Å². The smallest absolute Gasteiger partial charge is 0.223 e. The Kier molecular flexibility index (Phi) is 6.04. The quantitative estimate of drug-likeness (QED) is 0.817. The first-order valence-corrected chi connectivity index (χ1v) is 6.79. The summed E-state index contributed by atoms with van der Waals surface area (Å²) in [6.45, 7) is 2.67. The summed E-state index contributed by atoms with van der Waals surface area (Å²) < 4.78 is 0.766. The molecule has 0 unspecified atom stereocenters. The molecule has 1 aromatic rings. The maximum Gasteiger partial charge on any atom is 0.223 e. The molecule has 0 aliphatic heterocycles. The number of anilines is 1. The minimum Gasteiger partial charge on any atom is -0.369 e. The van der Waals surface area contributed by atoms with Crippen molar-refractivity contribution >= 4 is 27.7 Å². The molecule has 1 N–H and O–H groups in total. The molecule has 0 fully saturated rings. The molecule has 100 valence electrons. The van der Waals surface area contributed by atoms with Gasteiger partial charge in [0, 0.05) is 39.5 Å². The molecule has 1 aromatic heterocycles. The maximum atomic E-state index is 11.4. The van der Waals surface area contributed by atoms with E-state index in [1.807, 2.05) is 6.07 Å². The van der Waals surface area contributed by atoms with E-state index in [0.29, 0.717) is 13.0 Å². The van der Waals surface area contributed by atoms with E-state index in [1.54, 1.807) is 19.0 Å². The van der Waals surface area contributed by atoms with Gasteiger partial charge in [0.15, 0.2) is 0 Å². The second-order valence-corrected chi connectivity index (χ2v) is 5.02. The van der Waals surface area contributed by atoms with Gasteiger partial charge < -0.3 is 10.2 Å². The molecule has 5 nitrogen and oxygen atoms in total. The number of hydrogen-bond donors (Lipinski definition) is 1. The molecule has 0 aliphatic rings. The van der Waals surface area contributed by atoms with E-state index in [0.717, 1.165) is 29.1 Å². The molecular formula is C12H19BrN4O. The fraction of sp³-hybridized carbons (Fsp3) is 0.583. The number of hydrogen-bond acceptors (Lipinski definition) is 4. The Morgan fingerprint density at radius 2 is 2.17 bits per heavy atom. The van der Waals surface area contributed by atoms with Gasteiger partial charge in [0.25, 0.3) is 0 Å². The summed E-state index contributed by atoms with van der Waals surface area (Å²) in [6, 6.07) is 1.82. The summed E-state index contributed by atoms with van der Waals surface area (Å²) >= 11 is 3.36. The highest BCUT2D eigenvalue weighted by atomic mass is 79.9. The Labute approximate surface area is 116 Å². The Balaban J connectivity index is 2.54. The Bertz CT molecular complexity index is 409. The minimum atomic E-state index is 0.101. The summed E-state index contributed by atoms with van der Waals surface area (Å²) in [5.74, 6) is 1.67. The lowest BCUT2D eigenvalue weighted by Crippen LogP contribution is -2.24. The molecule has 18 heavy (non-hydrogen) atoms. The molecule has 1 rings (SSSR count). The molecule has 1 heterocycles. The zero-order chi connectivity index (χ0) is 13.5. The van der Waals surface area contributed by atoms with Crippen LogP contribution in [0, 0.1) is 0 Å². The SMILES string of the molecule is CCCc1nc(Br)cc(NCCC(=O)N(C)C)n1. The number of aromatic nitrogens is 2. The van der Waals surface area contributed by atoms with E-state index in [2.05, 4.69) is 38.1 Å². The second kappa shape index (κ2) is 7.31. The zero-order valence-electron chi connectivity index (χ0n) is 11.0. The second-order valence-electron chi connectivity index (χ2n) is 4.21. The van der Waals surface area contributed by atoms with Crippen LogP contribution in [0.3, 0.4) is 0 Å². The molecule has 1 amide bonds. The molecule has 0 saturated carbocycles. The summed E-state index contributed by atoms with van der Waals surface area (Å²) in [4.78, 5) is 21.7. The van der Waals surface area contributed by atoms with Gasteiger partial charge in [0.05, 0.1) is 0 Å². The fourth-order valence-electron chi connectivity index (χ4n) is 1.41. The predicted octanol–water partition coefficient (Wildman–Crippen LogP) is 2.08. The van der Waals surface area contributed by atoms with Crippen molar-refractivity contribution in [3.63, 3.8) is 0 Å². The van der Waals surface area contributed by atoms with Gasteiger partial charge in [-0.3, -0.25) is 4.79 Å². The van der Waals surface area contributed by atoms with Crippen LogP contribution in [-0.4, -0.2) is 41.4 Å². The van der Waals surface area contributed by atoms with Gasteiger partial charge in [-0.05, 0) is 22.4 Å². The number of halogens is 1. The van der Waals surface area contributed by atoms with Crippen molar-refractivity contribution in [2.24, 2.45) is 0 Å². The third kappa shape index (κ3) is 5.00. The van der Waals surface area contributed by atoms with Gasteiger partial charge in [-0.1, -0.05) is 6.92 Å². The van der Waals surface area contributed by atoms with Gasteiger partial charge >= 0.3 is 0 Å². The number of aryl methyl sites for hydroxylation is 1. The van der Waals surface area contributed by atoms with Crippen LogP contribution in [0.5, 0.6) is 0 Å². The number of carbonyl (C=O) groups is 1. The lowest BCUT2D eigenvalue weighted by atomic mass is 10.3. The van der Waals surface area contributed by atoms with Crippen LogP contribution in [0.4, 0.5) is 5.82 Å². The highest BCUT2D eigenvalue weighted by molar-refractivity contribution is 9.10. The van der Waals surface area contributed by atoms with Crippen molar-refractivity contribution in [3.05, 3.63) is 16.5 Å². The first-order valence-electron chi connectivity index (χ1n) is 6.00. The van der Waals surface area contributed by atoms with Crippen molar-refractivity contribution in [1.29, 1.82) is 0 Å². The average molecular weight is 315 g/mol. The van der Waals surface area contributed by atoms with Gasteiger partial charge in [0.1, 0.15) is 16.2 Å². The average Bonchev–Trinajstić information content (AvgIpc) is 2.28. The fourth-order valence-corrected chi connectivity index (χ4v) is 1.83. The van der Waals surface area contributed by atoms with Crippen molar-refractivity contribution < 1.29 is 4.79 Å². The Morgan fingerprint density at radius 1 is 1.44 bits per heavy atom. The zero-order valence-corrected chi connectivity index (χ0v) is 12.6. The summed E-state index contributed by atoms with van der Waals surface area (Å²) in [5.41, 5.74) is 0. The molecule has 0 spiro atoms. The van der Waals surface area contributed by atoms with Gasteiger partial charge in [-0.2, -0.15) is 0 Å². The number of amides is 1. The van der Waals surface area contributed by atoms with Crippen LogP contribution in [0.1, 0.15) is 25.6 Å². The van der Waals surface area contributed by atoms with E-state index in [9.17, 15) is 4.79 Å². The number of rotatable bonds is 6. The van der Waals surface area contributed by atoms with Crippen molar-refractivity contribution in [1.82, 2.24) is 14.9 Å². The lowest BCUT2D eigenvalue weighted by molar-refractivity contribution is -0.128. The van der Waals surface area contributed by atoms with Crippen molar-refractivity contribution in [2.75, 3.05) is 26.0 Å². The van der Waals surface area contributed by atoms with E-state index in [1.165, 1.54) is 0 Å². The van der Waals surface area contributed by atoms with Gasteiger partial charge in [0.2, 0.25) is 5.91 Å². The largest absolute Gasteiger partial charge is 0.369 e. The normalized spacial score (nSPS) is 10.2. The molecule has 0 aromatic carbocycles. The summed E-state index contributed by atoms with van der Waals surface area (Å²) in [7, 11) is 3.51. The summed E-state index contributed by atoms with van der Waals surface area (Å²) in [6.07, 6.45) is 2.32. The van der Waals surface area contributed by atoms with Gasteiger partial charge in [-0.15, -0.1) is 0 Å². The van der Waals surface area contributed by atoms with Crippen LogP contribution < -0.4 is 5.32 Å². The number of nitrogens with zero attached hydrogens (tertiary/aromatic N) is 3. The molecular weight excluding hydrogens is 296 g/mol. The monoisotopic (exact) mass is 314 g/mol. The van der Waals surface area contributed by atoms with E-state index in [4.69, 9.17) is 0 Å². The minimum absolute atomic E-state index is 0.101. The van der Waals surface area contributed by atoms with Crippen molar-refractivity contribution in [2.45, 2.75) is 26.2 Å². The lowest BCUT2D eigenvalue weighted by Gasteiger charge is -2.11. The highest BCUT2D eigenvalue weighted by Gasteiger charge is 2.05. The molecule has 0 aliphatic carbocycles. The standard InChI is InChI=1S/C12H19BrN4O/c1-4-5-10-15-9(13)8-11(16-10)14-7-6-12(18)17(2)3/h8H,4-7H2,1-3H3,(H,14,15,16). The Hall–Kier alpha value is -1.17. The molecule has 6 heteroatoms.